The maximum atomic E-state index is 13.0. The van der Waals surface area contributed by atoms with Crippen molar-refractivity contribution in [1.29, 1.82) is 0 Å². The molecule has 27 heavy (non-hydrogen) atoms. The van der Waals surface area contributed by atoms with Crippen LogP contribution in [0.2, 0.25) is 0 Å². The van der Waals surface area contributed by atoms with Gasteiger partial charge in [0.1, 0.15) is 0 Å². The highest BCUT2D eigenvalue weighted by molar-refractivity contribution is 7.91. The monoisotopic (exact) mass is 392 g/mol. The Morgan fingerprint density at radius 3 is 2.37 bits per heavy atom. The van der Waals surface area contributed by atoms with Crippen LogP contribution >= 0.6 is 0 Å². The van der Waals surface area contributed by atoms with Crippen LogP contribution in [0.3, 0.4) is 0 Å². The Kier molecular flexibility index (Phi) is 6.19. The van der Waals surface area contributed by atoms with Crippen molar-refractivity contribution < 1.29 is 18.0 Å². The van der Waals surface area contributed by atoms with Crippen LogP contribution in [-0.2, 0) is 9.84 Å². The first kappa shape index (κ1) is 19.9. The molecule has 2 fully saturated rings. The summed E-state index contributed by atoms with van der Waals surface area (Å²) >= 11 is 0. The van der Waals surface area contributed by atoms with Crippen LogP contribution in [0.5, 0.6) is 0 Å². The van der Waals surface area contributed by atoms with E-state index in [2.05, 4.69) is 0 Å². The Morgan fingerprint density at radius 1 is 1.11 bits per heavy atom. The van der Waals surface area contributed by atoms with Crippen molar-refractivity contribution in [2.75, 3.05) is 31.1 Å². The molecule has 2 amide bonds. The molecular weight excluding hydrogens is 364 g/mol. The molecule has 6 nitrogen and oxygen atoms in total. The van der Waals surface area contributed by atoms with Crippen molar-refractivity contribution in [3.05, 3.63) is 35.4 Å². The summed E-state index contributed by atoms with van der Waals surface area (Å²) < 4.78 is 23.6. The van der Waals surface area contributed by atoms with Crippen LogP contribution in [0.25, 0.3) is 0 Å². The van der Waals surface area contributed by atoms with E-state index in [-0.39, 0.29) is 29.4 Å². The molecule has 7 heteroatoms. The van der Waals surface area contributed by atoms with E-state index in [1.165, 1.54) is 0 Å². The Labute approximate surface area is 161 Å². The minimum atomic E-state index is -3.06. The normalized spacial score (nSPS) is 22.3. The third-order valence-electron chi connectivity index (χ3n) is 5.50. The molecule has 148 valence electrons. The van der Waals surface area contributed by atoms with Crippen LogP contribution in [0, 0.1) is 0 Å². The number of rotatable bonds is 4. The van der Waals surface area contributed by atoms with Crippen molar-refractivity contribution in [2.45, 2.75) is 45.1 Å². The summed E-state index contributed by atoms with van der Waals surface area (Å²) in [5.74, 6) is -0.0726. The fraction of sp³-hybridized carbons (Fsp3) is 0.600. The first-order chi connectivity index (χ1) is 12.9. The number of carbonyl (C=O) groups is 2. The third-order valence-corrected chi connectivity index (χ3v) is 7.25. The second-order valence-electron chi connectivity index (χ2n) is 7.44. The molecule has 1 aromatic carbocycles. The lowest BCUT2D eigenvalue weighted by atomic mass is 10.1. The van der Waals surface area contributed by atoms with Crippen LogP contribution in [0.15, 0.2) is 24.3 Å². The summed E-state index contributed by atoms with van der Waals surface area (Å²) in [5.41, 5.74) is 0.972. The summed E-state index contributed by atoms with van der Waals surface area (Å²) in [6, 6.07) is 6.56. The van der Waals surface area contributed by atoms with Gasteiger partial charge in [0, 0.05) is 36.8 Å². The molecule has 2 saturated heterocycles. The number of amides is 2. The van der Waals surface area contributed by atoms with Gasteiger partial charge in [0.15, 0.2) is 9.84 Å². The largest absolute Gasteiger partial charge is 0.339 e. The number of hydrogen-bond acceptors (Lipinski definition) is 4. The molecule has 2 aliphatic rings. The van der Waals surface area contributed by atoms with Crippen molar-refractivity contribution in [3.63, 3.8) is 0 Å². The highest BCUT2D eigenvalue weighted by Crippen LogP contribution is 2.21. The zero-order valence-corrected chi connectivity index (χ0v) is 16.7. The molecule has 0 aromatic heterocycles. The lowest BCUT2D eigenvalue weighted by molar-refractivity contribution is 0.0708. The number of hydrogen-bond donors (Lipinski definition) is 0. The Balaban J connectivity index is 1.77. The van der Waals surface area contributed by atoms with E-state index in [9.17, 15) is 18.0 Å². The molecular formula is C20H28N2O4S. The second-order valence-corrected chi connectivity index (χ2v) is 9.66. The summed E-state index contributed by atoms with van der Waals surface area (Å²) in [7, 11) is -3.06. The first-order valence-corrected chi connectivity index (χ1v) is 11.6. The van der Waals surface area contributed by atoms with Gasteiger partial charge in [-0.3, -0.25) is 9.59 Å². The average Bonchev–Trinajstić information content (AvgIpc) is 2.87. The van der Waals surface area contributed by atoms with Crippen LogP contribution in [0.1, 0.15) is 59.7 Å². The van der Waals surface area contributed by atoms with E-state index >= 15 is 0 Å². The minimum absolute atomic E-state index is 0.0268. The van der Waals surface area contributed by atoms with Gasteiger partial charge >= 0.3 is 0 Å². The molecule has 2 aliphatic heterocycles. The quantitative estimate of drug-likeness (QED) is 0.788. The lowest BCUT2D eigenvalue weighted by Crippen LogP contribution is -2.41. The summed E-state index contributed by atoms with van der Waals surface area (Å²) in [6.45, 7) is 3.83. The average molecular weight is 393 g/mol. The number of benzene rings is 1. The predicted molar refractivity (Wildman–Crippen MR) is 105 cm³/mol. The van der Waals surface area contributed by atoms with E-state index in [0.29, 0.717) is 24.1 Å². The molecule has 1 atom stereocenters. The van der Waals surface area contributed by atoms with E-state index in [4.69, 9.17) is 0 Å². The van der Waals surface area contributed by atoms with Crippen LogP contribution in [-0.4, -0.2) is 67.2 Å². The van der Waals surface area contributed by atoms with Gasteiger partial charge < -0.3 is 9.80 Å². The zero-order chi connectivity index (χ0) is 19.4. The van der Waals surface area contributed by atoms with E-state index in [1.54, 1.807) is 29.2 Å². The molecule has 0 spiro atoms. The van der Waals surface area contributed by atoms with Crippen molar-refractivity contribution in [2.24, 2.45) is 0 Å². The van der Waals surface area contributed by atoms with Gasteiger partial charge in [0.2, 0.25) is 0 Å². The molecule has 2 heterocycles. The maximum Gasteiger partial charge on any atom is 0.254 e. The first-order valence-electron chi connectivity index (χ1n) is 9.82. The fourth-order valence-corrected chi connectivity index (χ4v) is 5.73. The molecule has 0 radical (unpaired) electrons. The topological polar surface area (TPSA) is 74.8 Å². The van der Waals surface area contributed by atoms with Gasteiger partial charge in [-0.1, -0.05) is 18.9 Å². The van der Waals surface area contributed by atoms with Crippen molar-refractivity contribution >= 4 is 21.7 Å². The molecule has 1 aromatic rings. The molecule has 0 bridgehead atoms. The van der Waals surface area contributed by atoms with Gasteiger partial charge in [-0.25, -0.2) is 8.42 Å². The summed E-state index contributed by atoms with van der Waals surface area (Å²) in [5, 5.41) is 0. The summed E-state index contributed by atoms with van der Waals surface area (Å²) in [4.78, 5) is 29.3. The van der Waals surface area contributed by atoms with Crippen LogP contribution < -0.4 is 0 Å². The van der Waals surface area contributed by atoms with Crippen molar-refractivity contribution in [3.8, 4) is 0 Å². The fourth-order valence-electron chi connectivity index (χ4n) is 4.00. The number of carbonyl (C=O) groups excluding carboxylic acids is 2. The highest BCUT2D eigenvalue weighted by Gasteiger charge is 2.34. The van der Waals surface area contributed by atoms with Gasteiger partial charge in [0.25, 0.3) is 11.8 Å². The van der Waals surface area contributed by atoms with E-state index in [1.807, 2.05) is 11.8 Å². The molecule has 0 aliphatic carbocycles. The number of sulfone groups is 1. The van der Waals surface area contributed by atoms with Crippen LogP contribution in [0.4, 0.5) is 0 Å². The highest BCUT2D eigenvalue weighted by atomic mass is 32.2. The van der Waals surface area contributed by atoms with Gasteiger partial charge in [-0.2, -0.15) is 0 Å². The Morgan fingerprint density at radius 2 is 1.78 bits per heavy atom. The third kappa shape index (κ3) is 4.69. The number of likely N-dealkylation sites (tertiary alicyclic amines) is 1. The predicted octanol–water partition coefficient (Wildman–Crippen LogP) is 2.35. The van der Waals surface area contributed by atoms with Crippen molar-refractivity contribution in [1.82, 2.24) is 9.80 Å². The number of nitrogens with zero attached hydrogens (tertiary/aromatic N) is 2. The lowest BCUT2D eigenvalue weighted by Gasteiger charge is -2.27. The van der Waals surface area contributed by atoms with E-state index < -0.39 is 9.84 Å². The molecule has 3 rings (SSSR count). The standard InChI is InChI=1S/C20H28N2O4S/c1-2-22(18-10-13-27(25,26)15-18)20(24)17-9-7-8-16(14-17)19(23)21-11-5-3-4-6-12-21/h7-9,14,18H,2-6,10-13,15H2,1H3. The SMILES string of the molecule is CCN(C(=O)c1cccc(C(=O)N2CCCCCC2)c1)C1CCS(=O)(=O)C1. The van der Waals surface area contributed by atoms with E-state index in [0.717, 1.165) is 38.8 Å². The zero-order valence-electron chi connectivity index (χ0n) is 15.9. The molecule has 0 N–H and O–H groups in total. The Bertz CT molecular complexity index is 798. The smallest absolute Gasteiger partial charge is 0.254 e. The summed E-state index contributed by atoms with van der Waals surface area (Å²) in [6.07, 6.45) is 4.82. The Hall–Kier alpha value is -1.89. The molecule has 0 saturated carbocycles. The minimum Gasteiger partial charge on any atom is -0.339 e. The van der Waals surface area contributed by atoms with Gasteiger partial charge in [-0.15, -0.1) is 0 Å². The maximum absolute atomic E-state index is 13.0. The molecule has 1 unspecified atom stereocenters. The van der Waals surface area contributed by atoms with Gasteiger partial charge in [-0.05, 0) is 44.4 Å². The second kappa shape index (κ2) is 8.42. The van der Waals surface area contributed by atoms with Gasteiger partial charge in [0.05, 0.1) is 11.5 Å².